The van der Waals surface area contributed by atoms with Crippen molar-refractivity contribution in [3.63, 3.8) is 0 Å². The number of ether oxygens (including phenoxy) is 1. The molecule has 1 aliphatic rings. The van der Waals surface area contributed by atoms with Crippen LogP contribution in [0.4, 0.5) is 0 Å². The number of hydrogen-bond donors (Lipinski definition) is 2. The van der Waals surface area contributed by atoms with Gasteiger partial charge in [0.15, 0.2) is 0 Å². The predicted molar refractivity (Wildman–Crippen MR) is 114 cm³/mol. The monoisotopic (exact) mass is 416 g/mol. The van der Waals surface area contributed by atoms with Crippen LogP contribution in [0.3, 0.4) is 0 Å². The number of morpholine rings is 1. The highest BCUT2D eigenvalue weighted by molar-refractivity contribution is 7.17. The number of aryl methyl sites for hydroxylation is 3. The molecule has 0 unspecified atom stereocenters. The van der Waals surface area contributed by atoms with Crippen molar-refractivity contribution in [1.82, 2.24) is 20.5 Å². The first-order chi connectivity index (χ1) is 13.9. The lowest BCUT2D eigenvalue weighted by molar-refractivity contribution is -0.120. The summed E-state index contributed by atoms with van der Waals surface area (Å²) in [6.45, 7) is 10.5. The van der Waals surface area contributed by atoms with E-state index in [1.54, 1.807) is 0 Å². The van der Waals surface area contributed by atoms with Crippen molar-refractivity contribution in [3.05, 3.63) is 39.9 Å². The number of nitrogens with zero attached hydrogens (tertiary/aromatic N) is 2. The fourth-order valence-corrected chi connectivity index (χ4v) is 4.33. The van der Waals surface area contributed by atoms with E-state index < -0.39 is 0 Å². The van der Waals surface area contributed by atoms with E-state index in [0.717, 1.165) is 49.0 Å². The zero-order chi connectivity index (χ0) is 20.8. The summed E-state index contributed by atoms with van der Waals surface area (Å²) in [5.74, 6) is -0.456. The smallest absolute Gasteiger partial charge is 0.263 e. The van der Waals surface area contributed by atoms with E-state index in [0.29, 0.717) is 17.1 Å². The van der Waals surface area contributed by atoms with Gasteiger partial charge in [0.05, 0.1) is 25.5 Å². The van der Waals surface area contributed by atoms with Crippen LogP contribution in [0.1, 0.15) is 26.5 Å². The van der Waals surface area contributed by atoms with Gasteiger partial charge in [-0.2, -0.15) is 0 Å². The molecule has 29 heavy (non-hydrogen) atoms. The second kappa shape index (κ2) is 9.96. The van der Waals surface area contributed by atoms with Gasteiger partial charge in [-0.15, -0.1) is 11.3 Å². The van der Waals surface area contributed by atoms with Crippen LogP contribution in [0.5, 0.6) is 0 Å². The second-order valence-electron chi connectivity index (χ2n) is 7.24. The summed E-state index contributed by atoms with van der Waals surface area (Å²) >= 11 is 1.36. The van der Waals surface area contributed by atoms with Gasteiger partial charge in [0.2, 0.25) is 5.91 Å². The number of hydrogen-bond acceptors (Lipinski definition) is 6. The molecule has 2 heterocycles. The van der Waals surface area contributed by atoms with E-state index >= 15 is 0 Å². The zero-order valence-electron chi connectivity index (χ0n) is 17.2. The Morgan fingerprint density at radius 2 is 1.93 bits per heavy atom. The van der Waals surface area contributed by atoms with Gasteiger partial charge in [-0.1, -0.05) is 23.8 Å². The van der Waals surface area contributed by atoms with Crippen molar-refractivity contribution in [2.75, 3.05) is 45.9 Å². The molecule has 1 fully saturated rings. The van der Waals surface area contributed by atoms with E-state index in [1.165, 1.54) is 16.9 Å². The van der Waals surface area contributed by atoms with Crippen molar-refractivity contribution >= 4 is 23.2 Å². The molecule has 1 saturated heterocycles. The SMILES string of the molecule is Cc1ccc(-c2nc(C)c(C(=O)NCC(=O)NCCN3CCOCC3)s2)c(C)c1. The van der Waals surface area contributed by atoms with Gasteiger partial charge in [0.1, 0.15) is 9.88 Å². The van der Waals surface area contributed by atoms with E-state index in [9.17, 15) is 9.59 Å². The molecule has 0 bridgehead atoms. The molecule has 2 aromatic rings. The molecular weight excluding hydrogens is 388 g/mol. The number of aromatic nitrogens is 1. The highest BCUT2D eigenvalue weighted by Gasteiger charge is 2.18. The maximum absolute atomic E-state index is 12.5. The Balaban J connectivity index is 1.50. The van der Waals surface area contributed by atoms with Crippen molar-refractivity contribution < 1.29 is 14.3 Å². The molecule has 1 aliphatic heterocycles. The number of thiazole rings is 1. The molecule has 7 nitrogen and oxygen atoms in total. The average molecular weight is 417 g/mol. The predicted octanol–water partition coefficient (Wildman–Crippen LogP) is 1.91. The van der Waals surface area contributed by atoms with Gasteiger partial charge >= 0.3 is 0 Å². The Morgan fingerprint density at radius 3 is 2.66 bits per heavy atom. The third kappa shape index (κ3) is 5.85. The van der Waals surface area contributed by atoms with E-state index in [-0.39, 0.29) is 18.4 Å². The van der Waals surface area contributed by atoms with Gasteiger partial charge in [-0.3, -0.25) is 14.5 Å². The Labute approximate surface area is 175 Å². The first-order valence-corrected chi connectivity index (χ1v) is 10.7. The van der Waals surface area contributed by atoms with Crippen molar-refractivity contribution in [2.45, 2.75) is 20.8 Å². The minimum absolute atomic E-state index is 0.0435. The van der Waals surface area contributed by atoms with Crippen molar-refractivity contribution in [1.29, 1.82) is 0 Å². The van der Waals surface area contributed by atoms with Gasteiger partial charge in [-0.25, -0.2) is 4.98 Å². The number of carbonyl (C=O) groups excluding carboxylic acids is 2. The molecule has 0 radical (unpaired) electrons. The highest BCUT2D eigenvalue weighted by atomic mass is 32.1. The van der Waals surface area contributed by atoms with E-state index in [1.807, 2.05) is 26.0 Å². The Morgan fingerprint density at radius 1 is 1.17 bits per heavy atom. The molecule has 0 atom stereocenters. The quantitative estimate of drug-likeness (QED) is 0.720. The van der Waals surface area contributed by atoms with Gasteiger partial charge in [0.25, 0.3) is 5.91 Å². The second-order valence-corrected chi connectivity index (χ2v) is 8.24. The number of benzene rings is 1. The normalized spacial score (nSPS) is 14.6. The lowest BCUT2D eigenvalue weighted by Crippen LogP contribution is -2.43. The van der Waals surface area contributed by atoms with Crippen LogP contribution in [0.2, 0.25) is 0 Å². The number of rotatable bonds is 7. The fourth-order valence-electron chi connectivity index (χ4n) is 3.26. The summed E-state index contributed by atoms with van der Waals surface area (Å²) in [6, 6.07) is 6.18. The Hall–Kier alpha value is -2.29. The molecule has 0 spiro atoms. The maximum Gasteiger partial charge on any atom is 0.263 e. The average Bonchev–Trinajstić information content (AvgIpc) is 3.08. The summed E-state index contributed by atoms with van der Waals surface area (Å²) in [5, 5.41) is 6.37. The lowest BCUT2D eigenvalue weighted by Gasteiger charge is -2.26. The van der Waals surface area contributed by atoms with E-state index in [4.69, 9.17) is 4.74 Å². The van der Waals surface area contributed by atoms with Crippen LogP contribution in [0.15, 0.2) is 18.2 Å². The van der Waals surface area contributed by atoms with Crippen LogP contribution < -0.4 is 10.6 Å². The first-order valence-electron chi connectivity index (χ1n) is 9.84. The minimum Gasteiger partial charge on any atom is -0.379 e. The zero-order valence-corrected chi connectivity index (χ0v) is 18.0. The fraction of sp³-hybridized carbons (Fsp3) is 0.476. The molecule has 1 aromatic heterocycles. The lowest BCUT2D eigenvalue weighted by atomic mass is 10.1. The molecule has 8 heteroatoms. The van der Waals surface area contributed by atoms with Gasteiger partial charge < -0.3 is 15.4 Å². The van der Waals surface area contributed by atoms with Gasteiger partial charge in [-0.05, 0) is 26.3 Å². The maximum atomic E-state index is 12.5. The Kier molecular flexibility index (Phi) is 7.35. The summed E-state index contributed by atoms with van der Waals surface area (Å²) in [5.41, 5.74) is 4.03. The molecule has 0 aliphatic carbocycles. The largest absolute Gasteiger partial charge is 0.379 e. The molecule has 156 valence electrons. The minimum atomic E-state index is -0.264. The summed E-state index contributed by atoms with van der Waals surface area (Å²) in [7, 11) is 0. The molecule has 2 N–H and O–H groups in total. The molecule has 1 aromatic carbocycles. The third-order valence-electron chi connectivity index (χ3n) is 4.88. The molecule has 2 amide bonds. The van der Waals surface area contributed by atoms with Crippen LogP contribution in [-0.2, 0) is 9.53 Å². The Bertz CT molecular complexity index is 875. The molecule has 3 rings (SSSR count). The summed E-state index contributed by atoms with van der Waals surface area (Å²) < 4.78 is 5.30. The summed E-state index contributed by atoms with van der Waals surface area (Å²) in [6.07, 6.45) is 0. The molecule has 0 saturated carbocycles. The standard InChI is InChI=1S/C21H28N4O3S/c1-14-4-5-17(15(2)12-14)21-24-16(3)19(29-21)20(27)23-13-18(26)22-6-7-25-8-10-28-11-9-25/h4-5,12H,6-11,13H2,1-3H3,(H,22,26)(H,23,27). The topological polar surface area (TPSA) is 83.6 Å². The first kappa shape index (κ1) is 21.4. The number of amides is 2. The highest BCUT2D eigenvalue weighted by Crippen LogP contribution is 2.30. The van der Waals surface area contributed by atoms with Crippen LogP contribution in [0.25, 0.3) is 10.6 Å². The van der Waals surface area contributed by atoms with Gasteiger partial charge in [0, 0.05) is 31.7 Å². The number of nitrogens with one attached hydrogen (secondary N) is 2. The van der Waals surface area contributed by atoms with Crippen LogP contribution in [0, 0.1) is 20.8 Å². The van der Waals surface area contributed by atoms with E-state index in [2.05, 4.69) is 33.5 Å². The van der Waals surface area contributed by atoms with Crippen LogP contribution >= 0.6 is 11.3 Å². The number of carbonyl (C=O) groups is 2. The van der Waals surface area contributed by atoms with Crippen LogP contribution in [-0.4, -0.2) is 67.6 Å². The summed E-state index contributed by atoms with van der Waals surface area (Å²) in [4.78, 5) is 31.9. The molecular formula is C21H28N4O3S. The third-order valence-corrected chi connectivity index (χ3v) is 6.07. The van der Waals surface area contributed by atoms with Crippen molar-refractivity contribution in [3.8, 4) is 10.6 Å². The van der Waals surface area contributed by atoms with Crippen molar-refractivity contribution in [2.24, 2.45) is 0 Å².